The number of alkyl halides is 3. The molecule has 11 heteroatoms. The van der Waals surface area contributed by atoms with Gasteiger partial charge in [0.1, 0.15) is 5.75 Å². The lowest BCUT2D eigenvalue weighted by Gasteiger charge is -2.40. The van der Waals surface area contributed by atoms with Gasteiger partial charge >= 0.3 is 6.36 Å². The lowest BCUT2D eigenvalue weighted by Crippen LogP contribution is -2.47. The highest BCUT2D eigenvalue weighted by Crippen LogP contribution is 2.51. The van der Waals surface area contributed by atoms with Crippen LogP contribution in [0.3, 0.4) is 0 Å². The molecule has 2 N–H and O–H groups in total. The van der Waals surface area contributed by atoms with Gasteiger partial charge in [-0.1, -0.05) is 35.9 Å². The van der Waals surface area contributed by atoms with E-state index in [4.69, 9.17) is 21.8 Å². The van der Waals surface area contributed by atoms with Crippen molar-refractivity contribution in [2.45, 2.75) is 50.9 Å². The number of amides is 1. The van der Waals surface area contributed by atoms with E-state index < -0.39 is 47.9 Å². The van der Waals surface area contributed by atoms with Crippen molar-refractivity contribution >= 4 is 17.5 Å². The van der Waals surface area contributed by atoms with Gasteiger partial charge in [0, 0.05) is 28.3 Å². The van der Waals surface area contributed by atoms with E-state index in [1.807, 2.05) is 0 Å². The number of hydrogen-bond acceptors (Lipinski definition) is 6. The van der Waals surface area contributed by atoms with Crippen molar-refractivity contribution in [1.29, 1.82) is 0 Å². The van der Waals surface area contributed by atoms with Gasteiger partial charge in [-0.15, -0.1) is 13.2 Å². The molecular formula is C29H28ClF3N2O5. The number of aliphatic hydroxyl groups is 2. The van der Waals surface area contributed by atoms with Crippen LogP contribution in [0.25, 0.3) is 0 Å². The third kappa shape index (κ3) is 5.41. The predicted molar refractivity (Wildman–Crippen MR) is 139 cm³/mol. The first-order valence-electron chi connectivity index (χ1n) is 14.3. The van der Waals surface area contributed by atoms with Crippen molar-refractivity contribution in [2.24, 2.45) is 5.41 Å². The van der Waals surface area contributed by atoms with Crippen LogP contribution in [0.15, 0.2) is 60.8 Å². The average molecular weight is 581 g/mol. The first-order chi connectivity index (χ1) is 20.2. The van der Waals surface area contributed by atoms with Crippen LogP contribution in [0, 0.1) is 5.41 Å². The molecule has 0 spiro atoms. The van der Waals surface area contributed by atoms with Crippen molar-refractivity contribution in [3.63, 3.8) is 0 Å². The summed E-state index contributed by atoms with van der Waals surface area (Å²) in [6, 6.07) is 11.7. The highest BCUT2D eigenvalue weighted by molar-refractivity contribution is 6.30. The zero-order valence-corrected chi connectivity index (χ0v) is 22.2. The van der Waals surface area contributed by atoms with E-state index in [9.17, 15) is 28.2 Å². The Morgan fingerprint density at radius 3 is 2.38 bits per heavy atom. The Hall–Kier alpha value is -3.18. The Morgan fingerprint density at radius 1 is 1.12 bits per heavy atom. The Balaban J connectivity index is 1.76. The number of fused-ring (bicyclic) bond motifs is 1. The Bertz CT molecular complexity index is 1570. The first kappa shape index (κ1) is 23.5. The lowest BCUT2D eigenvalue weighted by molar-refractivity contribution is -0.274. The number of rotatable bonds is 9. The maximum absolute atomic E-state index is 14.2. The lowest BCUT2D eigenvalue weighted by atomic mass is 9.89. The summed E-state index contributed by atoms with van der Waals surface area (Å²) in [4.78, 5) is 19.6. The molecule has 0 unspecified atom stereocenters. The highest BCUT2D eigenvalue weighted by atomic mass is 35.5. The molecule has 7 nitrogen and oxygen atoms in total. The smallest absolute Gasteiger partial charge is 0.406 e. The van der Waals surface area contributed by atoms with Crippen LogP contribution in [0.1, 0.15) is 64.9 Å². The van der Waals surface area contributed by atoms with Crippen LogP contribution in [0.4, 0.5) is 13.2 Å². The molecule has 1 aliphatic carbocycles. The quantitative estimate of drug-likeness (QED) is 0.347. The zero-order chi connectivity index (χ0) is 32.5. The summed E-state index contributed by atoms with van der Waals surface area (Å²) < 4.78 is 83.0. The molecule has 1 aliphatic heterocycles. The van der Waals surface area contributed by atoms with E-state index >= 15 is 0 Å². The summed E-state index contributed by atoms with van der Waals surface area (Å²) in [5, 5.41) is 21.4. The fraction of sp³-hybridized carbons (Fsp3) is 0.379. The van der Waals surface area contributed by atoms with Crippen LogP contribution >= 0.6 is 11.6 Å². The van der Waals surface area contributed by atoms with Crippen molar-refractivity contribution in [2.75, 3.05) is 13.1 Å². The van der Waals surface area contributed by atoms with Crippen molar-refractivity contribution < 1.29 is 43.1 Å². The van der Waals surface area contributed by atoms with Gasteiger partial charge < -0.3 is 19.7 Å². The number of nitrogens with zero attached hydrogens (tertiary/aromatic N) is 2. The van der Waals surface area contributed by atoms with Crippen LogP contribution in [-0.2, 0) is 22.6 Å². The number of halogens is 4. The minimum atomic E-state index is -4.99. The molecule has 1 atom stereocenters. The predicted octanol–water partition coefficient (Wildman–Crippen LogP) is 5.51. The van der Waals surface area contributed by atoms with E-state index in [0.717, 1.165) is 17.0 Å². The van der Waals surface area contributed by atoms with Crippen molar-refractivity contribution in [1.82, 2.24) is 9.88 Å². The number of pyridine rings is 1. The summed E-state index contributed by atoms with van der Waals surface area (Å²) in [7, 11) is 0. The molecule has 1 aromatic heterocycles. The number of benzene rings is 2. The molecule has 5 rings (SSSR count). The van der Waals surface area contributed by atoms with E-state index in [0.29, 0.717) is 16.3 Å². The third-order valence-corrected chi connectivity index (χ3v) is 7.12. The van der Waals surface area contributed by atoms with E-state index in [1.54, 1.807) is 0 Å². The fourth-order valence-corrected chi connectivity index (χ4v) is 4.68. The molecule has 0 bridgehead atoms. The molecule has 212 valence electrons. The molecule has 2 heterocycles. The van der Waals surface area contributed by atoms with Gasteiger partial charge in [-0.05, 0) is 62.6 Å². The number of carbonyl (C=O) groups is 1. The number of aromatic nitrogens is 1. The number of carbonyl (C=O) groups excluding carboxylic acids is 1. The SMILES string of the molecule is [2H]C([2H])(O)C1(C([2H])([2H])O[C@]2(c3ccc(OC(F)(F)F)cc3)c3ccc(C(C)(C)O)cc3C(=O)N2Cc2ccc(Cl)cn2)CC1. The van der Waals surface area contributed by atoms with E-state index in [-0.39, 0.29) is 36.1 Å². The normalized spacial score (nSPS) is 22.2. The highest BCUT2D eigenvalue weighted by Gasteiger charge is 2.55. The van der Waals surface area contributed by atoms with Gasteiger partial charge in [0.15, 0.2) is 5.72 Å². The molecule has 0 saturated heterocycles. The summed E-state index contributed by atoms with van der Waals surface area (Å²) >= 11 is 6.00. The number of ether oxygens (including phenoxy) is 2. The standard InChI is InChI=1S/C29H28ClF3N2O5/c1-26(2,38)19-5-10-24-23(13-19)25(37)35(15-21-7-6-20(30)14-34-21)28(24,39-17-27(16-36)11-12-27)18-3-8-22(9-4-18)40-29(31,32)33/h3-10,13-14,36,38H,11-12,15-17H2,1-2H3/t28-/m1/s1/i16D2,17D2. The van der Waals surface area contributed by atoms with Gasteiger partial charge in [-0.2, -0.15) is 0 Å². The van der Waals surface area contributed by atoms with Gasteiger partial charge in [0.05, 0.1) is 41.5 Å². The van der Waals surface area contributed by atoms with Crippen LogP contribution < -0.4 is 4.74 Å². The fourth-order valence-electron chi connectivity index (χ4n) is 4.57. The minimum absolute atomic E-state index is 0.00172. The number of hydrogen-bond donors (Lipinski definition) is 2. The largest absolute Gasteiger partial charge is 0.573 e. The van der Waals surface area contributed by atoms with Crippen LogP contribution in [-0.4, -0.2) is 45.5 Å². The molecule has 2 aromatic carbocycles. The van der Waals surface area contributed by atoms with Crippen LogP contribution in [0.2, 0.25) is 5.02 Å². The molecular weight excluding hydrogens is 549 g/mol. The van der Waals surface area contributed by atoms with Crippen LogP contribution in [0.5, 0.6) is 5.75 Å². The molecule has 1 saturated carbocycles. The summed E-state index contributed by atoms with van der Waals surface area (Å²) in [6.45, 7) is -3.26. The second kappa shape index (κ2) is 10.0. The monoisotopic (exact) mass is 580 g/mol. The maximum atomic E-state index is 14.2. The topological polar surface area (TPSA) is 92.1 Å². The minimum Gasteiger partial charge on any atom is -0.406 e. The average Bonchev–Trinajstić information content (AvgIpc) is 3.70. The Morgan fingerprint density at radius 2 is 1.82 bits per heavy atom. The molecule has 40 heavy (non-hydrogen) atoms. The second-order valence-electron chi connectivity index (χ2n) is 10.3. The van der Waals surface area contributed by atoms with Gasteiger partial charge in [-0.25, -0.2) is 0 Å². The van der Waals surface area contributed by atoms with E-state index in [2.05, 4.69) is 9.72 Å². The van der Waals surface area contributed by atoms with Crippen molar-refractivity contribution in [3.05, 3.63) is 93.8 Å². The summed E-state index contributed by atoms with van der Waals surface area (Å²) in [5.74, 6) is -1.27. The zero-order valence-electron chi connectivity index (χ0n) is 25.4. The maximum Gasteiger partial charge on any atom is 0.573 e. The third-order valence-electron chi connectivity index (χ3n) is 6.89. The Kier molecular flexibility index (Phi) is 5.89. The Labute approximate surface area is 239 Å². The molecule has 0 radical (unpaired) electrons. The van der Waals surface area contributed by atoms with E-state index in [1.165, 1.54) is 62.5 Å². The molecule has 3 aromatic rings. The van der Waals surface area contributed by atoms with Gasteiger partial charge in [0.2, 0.25) is 0 Å². The summed E-state index contributed by atoms with van der Waals surface area (Å²) in [6.07, 6.45) is -3.83. The first-order valence-corrected chi connectivity index (χ1v) is 12.7. The van der Waals surface area contributed by atoms with Gasteiger partial charge in [-0.3, -0.25) is 14.7 Å². The molecule has 1 amide bonds. The van der Waals surface area contributed by atoms with Crippen molar-refractivity contribution in [3.8, 4) is 5.75 Å². The molecule has 1 fully saturated rings. The summed E-state index contributed by atoms with van der Waals surface area (Å²) in [5.41, 5.74) is -4.91. The molecule has 2 aliphatic rings. The van der Waals surface area contributed by atoms with Gasteiger partial charge in [0.25, 0.3) is 5.91 Å². The second-order valence-corrected chi connectivity index (χ2v) is 10.7.